The van der Waals surface area contributed by atoms with Gasteiger partial charge in [0.2, 0.25) is 0 Å². The second kappa shape index (κ2) is 7.19. The Labute approximate surface area is 173 Å². The van der Waals surface area contributed by atoms with E-state index in [1.54, 1.807) is 24.3 Å². The Morgan fingerprint density at radius 1 is 0.967 bits per heavy atom. The number of phenolic OH excluding ortho intramolecular Hbond substituents is 1. The zero-order valence-corrected chi connectivity index (χ0v) is 16.1. The van der Waals surface area contributed by atoms with Gasteiger partial charge in [0.25, 0.3) is 0 Å². The maximum Gasteiger partial charge on any atom is 0.337 e. The first-order valence-corrected chi connectivity index (χ1v) is 9.67. The molecule has 0 aromatic heterocycles. The van der Waals surface area contributed by atoms with Gasteiger partial charge in [-0.25, -0.2) is 4.79 Å². The standard InChI is InChI=1S/C25H18O5/c26-22-7-3-5-18-11-19(13-29-24(18)22)25(28)30-14-23(27)17-9-8-16-10-15-4-1-2-6-20(15)21(16)12-17/h1-9,11-12,26H,10,13-14H2. The fourth-order valence-electron chi connectivity index (χ4n) is 3.91. The maximum absolute atomic E-state index is 12.6. The number of hydrogen-bond donors (Lipinski definition) is 1. The van der Waals surface area contributed by atoms with Crippen LogP contribution in [0.4, 0.5) is 0 Å². The fourth-order valence-corrected chi connectivity index (χ4v) is 3.91. The normalized spacial score (nSPS) is 13.4. The van der Waals surface area contributed by atoms with Crippen LogP contribution in [-0.4, -0.2) is 30.1 Å². The maximum atomic E-state index is 12.6. The lowest BCUT2D eigenvalue weighted by molar-refractivity contribution is -0.138. The zero-order chi connectivity index (χ0) is 20.7. The Kier molecular flexibility index (Phi) is 4.36. The average Bonchev–Trinajstić information content (AvgIpc) is 3.15. The number of rotatable bonds is 4. The lowest BCUT2D eigenvalue weighted by Crippen LogP contribution is -2.20. The number of carbonyl (C=O) groups is 2. The van der Waals surface area contributed by atoms with E-state index < -0.39 is 5.97 Å². The molecule has 0 spiro atoms. The molecule has 0 atom stereocenters. The van der Waals surface area contributed by atoms with Crippen LogP contribution in [0.15, 0.2) is 66.2 Å². The van der Waals surface area contributed by atoms with E-state index in [0.29, 0.717) is 22.4 Å². The second-order valence-electron chi connectivity index (χ2n) is 7.36. The molecule has 1 N–H and O–H groups in total. The van der Waals surface area contributed by atoms with Gasteiger partial charge in [-0.1, -0.05) is 48.5 Å². The summed E-state index contributed by atoms with van der Waals surface area (Å²) in [6.45, 7) is -0.364. The third-order valence-electron chi connectivity index (χ3n) is 5.44. The van der Waals surface area contributed by atoms with Crippen LogP contribution in [0.1, 0.15) is 27.0 Å². The minimum atomic E-state index is -0.608. The number of carbonyl (C=O) groups excluding carboxylic acids is 2. The van der Waals surface area contributed by atoms with Crippen LogP contribution in [0.25, 0.3) is 17.2 Å². The fraction of sp³-hybridized carbons (Fsp3) is 0.120. The summed E-state index contributed by atoms with van der Waals surface area (Å²) in [5.41, 5.74) is 6.05. The summed E-state index contributed by atoms with van der Waals surface area (Å²) in [7, 11) is 0. The van der Waals surface area contributed by atoms with Crippen molar-refractivity contribution in [1.82, 2.24) is 0 Å². The van der Waals surface area contributed by atoms with Crippen LogP contribution in [0.2, 0.25) is 0 Å². The van der Waals surface area contributed by atoms with Gasteiger partial charge in [0, 0.05) is 11.1 Å². The Balaban J connectivity index is 1.29. The van der Waals surface area contributed by atoms with Crippen LogP contribution in [-0.2, 0) is 16.0 Å². The Hall–Kier alpha value is -3.86. The first kappa shape index (κ1) is 18.2. The lowest BCUT2D eigenvalue weighted by atomic mass is 10.0. The summed E-state index contributed by atoms with van der Waals surface area (Å²) in [6, 6.07) is 18.7. The van der Waals surface area contributed by atoms with Crippen molar-refractivity contribution in [2.45, 2.75) is 6.42 Å². The molecule has 148 valence electrons. The number of phenols is 1. The Bertz CT molecular complexity index is 1220. The molecule has 5 rings (SSSR count). The number of hydrogen-bond acceptors (Lipinski definition) is 5. The number of ketones is 1. The Morgan fingerprint density at radius 2 is 1.80 bits per heavy atom. The van der Waals surface area contributed by atoms with Crippen LogP contribution in [0, 0.1) is 0 Å². The van der Waals surface area contributed by atoms with Crippen molar-refractivity contribution in [3.05, 3.63) is 88.5 Å². The van der Waals surface area contributed by atoms with Gasteiger partial charge in [-0.3, -0.25) is 4.79 Å². The van der Waals surface area contributed by atoms with E-state index in [9.17, 15) is 14.7 Å². The highest BCUT2D eigenvalue weighted by Crippen LogP contribution is 2.37. The van der Waals surface area contributed by atoms with Crippen molar-refractivity contribution < 1.29 is 24.2 Å². The molecule has 0 saturated carbocycles. The molecule has 2 aliphatic rings. The number of Topliss-reactive ketones (excluding diaryl/α,β-unsaturated/α-hetero) is 1. The monoisotopic (exact) mass is 398 g/mol. The molecule has 1 heterocycles. The van der Waals surface area contributed by atoms with Crippen LogP contribution >= 0.6 is 0 Å². The molecule has 30 heavy (non-hydrogen) atoms. The smallest absolute Gasteiger partial charge is 0.337 e. The van der Waals surface area contributed by atoms with E-state index in [0.717, 1.165) is 17.5 Å². The molecule has 0 amide bonds. The summed E-state index contributed by atoms with van der Waals surface area (Å²) < 4.78 is 10.7. The SMILES string of the molecule is O=C(OCC(=O)c1ccc2c(c1)-c1ccccc1C2)C1=Cc2cccc(O)c2OC1. The van der Waals surface area contributed by atoms with E-state index >= 15 is 0 Å². The van der Waals surface area contributed by atoms with E-state index in [-0.39, 0.29) is 24.7 Å². The van der Waals surface area contributed by atoms with Gasteiger partial charge in [0.15, 0.2) is 23.9 Å². The zero-order valence-electron chi connectivity index (χ0n) is 16.1. The first-order chi connectivity index (χ1) is 14.6. The Morgan fingerprint density at radius 3 is 2.70 bits per heavy atom. The van der Waals surface area contributed by atoms with E-state index in [4.69, 9.17) is 9.47 Å². The summed E-state index contributed by atoms with van der Waals surface area (Å²) in [5.74, 6) is -0.511. The minimum absolute atomic E-state index is 0.0181. The van der Waals surface area contributed by atoms with Gasteiger partial charge in [-0.05, 0) is 46.9 Å². The van der Waals surface area contributed by atoms with Crippen molar-refractivity contribution in [1.29, 1.82) is 0 Å². The first-order valence-electron chi connectivity index (χ1n) is 9.67. The predicted molar refractivity (Wildman–Crippen MR) is 112 cm³/mol. The van der Waals surface area contributed by atoms with Crippen molar-refractivity contribution in [3.8, 4) is 22.6 Å². The van der Waals surface area contributed by atoms with Crippen molar-refractivity contribution in [3.63, 3.8) is 0 Å². The molecule has 5 heteroatoms. The van der Waals surface area contributed by atoms with Crippen LogP contribution in [0.3, 0.4) is 0 Å². The number of aromatic hydroxyl groups is 1. The van der Waals surface area contributed by atoms with Gasteiger partial charge >= 0.3 is 5.97 Å². The molecule has 5 nitrogen and oxygen atoms in total. The average molecular weight is 398 g/mol. The summed E-state index contributed by atoms with van der Waals surface area (Å²) in [5, 5.41) is 9.80. The van der Waals surface area contributed by atoms with E-state index in [1.807, 2.05) is 24.3 Å². The minimum Gasteiger partial charge on any atom is -0.504 e. The third-order valence-corrected chi connectivity index (χ3v) is 5.44. The molecule has 0 saturated heterocycles. The molecule has 1 aliphatic heterocycles. The third kappa shape index (κ3) is 3.14. The molecule has 0 radical (unpaired) electrons. The topological polar surface area (TPSA) is 72.8 Å². The van der Waals surface area contributed by atoms with Gasteiger partial charge in [0.1, 0.15) is 6.61 Å². The molecular formula is C25H18O5. The summed E-state index contributed by atoms with van der Waals surface area (Å²) in [4.78, 5) is 25.0. The quantitative estimate of drug-likeness (QED) is 0.413. The van der Waals surface area contributed by atoms with E-state index in [2.05, 4.69) is 12.1 Å². The number of para-hydroxylation sites is 1. The van der Waals surface area contributed by atoms with Gasteiger partial charge in [-0.2, -0.15) is 0 Å². The van der Waals surface area contributed by atoms with Crippen molar-refractivity contribution >= 4 is 17.8 Å². The number of ether oxygens (including phenoxy) is 2. The number of fused-ring (bicyclic) bond motifs is 4. The van der Waals surface area contributed by atoms with Crippen LogP contribution < -0.4 is 4.74 Å². The molecule has 3 aromatic rings. The molecule has 1 aliphatic carbocycles. The number of esters is 1. The number of benzene rings is 3. The van der Waals surface area contributed by atoms with Crippen molar-refractivity contribution in [2.24, 2.45) is 0 Å². The second-order valence-corrected chi connectivity index (χ2v) is 7.36. The lowest BCUT2D eigenvalue weighted by Gasteiger charge is -2.17. The highest BCUT2D eigenvalue weighted by molar-refractivity contribution is 6.01. The van der Waals surface area contributed by atoms with Gasteiger partial charge in [0.05, 0.1) is 5.57 Å². The van der Waals surface area contributed by atoms with Gasteiger partial charge < -0.3 is 14.6 Å². The van der Waals surface area contributed by atoms with E-state index in [1.165, 1.54) is 17.2 Å². The summed E-state index contributed by atoms with van der Waals surface area (Å²) in [6.07, 6.45) is 2.47. The highest BCUT2D eigenvalue weighted by atomic mass is 16.5. The molecule has 0 bridgehead atoms. The summed E-state index contributed by atoms with van der Waals surface area (Å²) >= 11 is 0. The molecule has 3 aromatic carbocycles. The molecular weight excluding hydrogens is 380 g/mol. The highest BCUT2D eigenvalue weighted by Gasteiger charge is 2.23. The molecule has 0 fully saturated rings. The molecule has 0 unspecified atom stereocenters. The largest absolute Gasteiger partial charge is 0.504 e. The predicted octanol–water partition coefficient (Wildman–Crippen LogP) is 4.17. The van der Waals surface area contributed by atoms with Crippen LogP contribution in [0.5, 0.6) is 11.5 Å². The van der Waals surface area contributed by atoms with Crippen molar-refractivity contribution in [2.75, 3.05) is 13.2 Å². The van der Waals surface area contributed by atoms with Gasteiger partial charge in [-0.15, -0.1) is 0 Å².